The minimum Gasteiger partial charge on any atom is -0.317 e. The summed E-state index contributed by atoms with van der Waals surface area (Å²) in [4.78, 5) is 8.40. The zero-order valence-corrected chi connectivity index (χ0v) is 10.00. The first-order valence-corrected chi connectivity index (χ1v) is 6.29. The van der Waals surface area contributed by atoms with Crippen LogP contribution in [0.25, 0.3) is 0 Å². The average molecular weight is 223 g/mol. The predicted octanol–water partition coefficient (Wildman–Crippen LogP) is 1.96. The molecule has 3 nitrogen and oxygen atoms in total. The van der Waals surface area contributed by atoms with E-state index < -0.39 is 0 Å². The minimum atomic E-state index is 0.666. The average Bonchev–Trinajstić information content (AvgIpc) is 2.62. The molecule has 1 N–H and O–H groups in total. The second-order valence-electron chi connectivity index (χ2n) is 4.03. The summed E-state index contributed by atoms with van der Waals surface area (Å²) >= 11 is 1.86. The van der Waals surface area contributed by atoms with Crippen LogP contribution in [0.4, 0.5) is 0 Å². The van der Waals surface area contributed by atoms with Gasteiger partial charge in [-0.05, 0) is 25.8 Å². The third-order valence-corrected chi connectivity index (χ3v) is 4.59. The first-order valence-electron chi connectivity index (χ1n) is 5.41. The Morgan fingerprint density at radius 3 is 2.87 bits per heavy atom. The van der Waals surface area contributed by atoms with Crippen LogP contribution >= 0.6 is 11.8 Å². The molecule has 1 fully saturated rings. The normalized spacial score (nSPS) is 30.7. The highest BCUT2D eigenvalue weighted by atomic mass is 32.2. The third-order valence-electron chi connectivity index (χ3n) is 3.17. The molecule has 3 unspecified atom stereocenters. The van der Waals surface area contributed by atoms with Gasteiger partial charge in [-0.15, -0.1) is 11.8 Å². The molecule has 0 radical (unpaired) electrons. The van der Waals surface area contributed by atoms with Crippen LogP contribution < -0.4 is 5.32 Å². The molecular weight excluding hydrogens is 206 g/mol. The van der Waals surface area contributed by atoms with Crippen molar-refractivity contribution in [3.05, 3.63) is 18.6 Å². The molecule has 1 heterocycles. The van der Waals surface area contributed by atoms with Gasteiger partial charge in [0.15, 0.2) is 0 Å². The van der Waals surface area contributed by atoms with Crippen molar-refractivity contribution < 1.29 is 0 Å². The van der Waals surface area contributed by atoms with Gasteiger partial charge < -0.3 is 5.32 Å². The lowest BCUT2D eigenvalue weighted by atomic mass is 10.1. The smallest absolute Gasteiger partial charge is 0.115 e. The van der Waals surface area contributed by atoms with Crippen molar-refractivity contribution in [1.29, 1.82) is 0 Å². The molecule has 0 bridgehead atoms. The van der Waals surface area contributed by atoms with Gasteiger partial charge in [-0.25, -0.2) is 4.98 Å². The number of nitrogens with zero attached hydrogens (tertiary/aromatic N) is 2. The molecule has 4 heteroatoms. The summed E-state index contributed by atoms with van der Waals surface area (Å²) in [7, 11) is 2.05. The Balaban J connectivity index is 1.96. The molecule has 15 heavy (non-hydrogen) atoms. The maximum atomic E-state index is 4.31. The van der Waals surface area contributed by atoms with Crippen LogP contribution in [0.1, 0.15) is 19.8 Å². The molecule has 2 rings (SSSR count). The molecule has 0 amide bonds. The van der Waals surface area contributed by atoms with Crippen LogP contribution in [0.5, 0.6) is 0 Å². The molecule has 0 aliphatic heterocycles. The number of hydrogen-bond acceptors (Lipinski definition) is 4. The van der Waals surface area contributed by atoms with E-state index in [0.717, 1.165) is 5.03 Å². The van der Waals surface area contributed by atoms with Gasteiger partial charge in [0, 0.05) is 23.7 Å². The highest BCUT2D eigenvalue weighted by Gasteiger charge is 2.32. The van der Waals surface area contributed by atoms with E-state index in [1.165, 1.54) is 12.8 Å². The second-order valence-corrected chi connectivity index (χ2v) is 5.29. The van der Waals surface area contributed by atoms with E-state index >= 15 is 0 Å². The zero-order chi connectivity index (χ0) is 10.7. The summed E-state index contributed by atoms with van der Waals surface area (Å²) in [6.07, 6.45) is 7.88. The van der Waals surface area contributed by atoms with Crippen molar-refractivity contribution in [2.24, 2.45) is 5.92 Å². The van der Waals surface area contributed by atoms with Gasteiger partial charge in [-0.1, -0.05) is 6.92 Å². The van der Waals surface area contributed by atoms with E-state index in [1.54, 1.807) is 12.4 Å². The van der Waals surface area contributed by atoms with Crippen molar-refractivity contribution in [2.75, 3.05) is 7.05 Å². The van der Waals surface area contributed by atoms with Gasteiger partial charge in [0.2, 0.25) is 0 Å². The molecule has 0 saturated heterocycles. The van der Waals surface area contributed by atoms with Crippen LogP contribution in [0.15, 0.2) is 23.6 Å². The predicted molar refractivity (Wildman–Crippen MR) is 62.9 cm³/mol. The molecular formula is C11H17N3S. The Kier molecular flexibility index (Phi) is 3.59. The molecule has 1 aliphatic rings. The van der Waals surface area contributed by atoms with E-state index in [1.807, 2.05) is 18.0 Å². The monoisotopic (exact) mass is 223 g/mol. The Morgan fingerprint density at radius 2 is 2.27 bits per heavy atom. The van der Waals surface area contributed by atoms with Crippen LogP contribution in [0.2, 0.25) is 0 Å². The third kappa shape index (κ3) is 2.49. The minimum absolute atomic E-state index is 0.666. The van der Waals surface area contributed by atoms with Gasteiger partial charge in [-0.2, -0.15) is 0 Å². The Morgan fingerprint density at radius 1 is 1.40 bits per heavy atom. The summed E-state index contributed by atoms with van der Waals surface area (Å²) in [6, 6.07) is 0.666. The van der Waals surface area contributed by atoms with Gasteiger partial charge >= 0.3 is 0 Å². The van der Waals surface area contributed by atoms with Crippen LogP contribution in [-0.2, 0) is 0 Å². The highest BCUT2D eigenvalue weighted by molar-refractivity contribution is 7.99. The van der Waals surface area contributed by atoms with E-state index in [2.05, 4.69) is 29.3 Å². The van der Waals surface area contributed by atoms with Gasteiger partial charge in [-0.3, -0.25) is 4.98 Å². The number of hydrogen-bond donors (Lipinski definition) is 1. The zero-order valence-electron chi connectivity index (χ0n) is 9.18. The molecule has 3 atom stereocenters. The number of rotatable bonds is 3. The molecule has 1 saturated carbocycles. The van der Waals surface area contributed by atoms with E-state index in [0.29, 0.717) is 17.2 Å². The number of aromatic nitrogens is 2. The molecule has 1 aromatic heterocycles. The van der Waals surface area contributed by atoms with E-state index in [-0.39, 0.29) is 0 Å². The summed E-state index contributed by atoms with van der Waals surface area (Å²) in [5.41, 5.74) is 0. The Hall–Kier alpha value is -0.610. The van der Waals surface area contributed by atoms with Crippen LogP contribution in [-0.4, -0.2) is 28.3 Å². The summed E-state index contributed by atoms with van der Waals surface area (Å²) in [5.74, 6) is 0.710. The SMILES string of the molecule is CNC1CCC(Sc2cnccn2)C1C. The first kappa shape index (κ1) is 10.9. The largest absolute Gasteiger partial charge is 0.317 e. The van der Waals surface area contributed by atoms with Crippen molar-refractivity contribution in [3.63, 3.8) is 0 Å². The standard InChI is InChI=1S/C11H17N3S/c1-8-9(12-2)3-4-10(8)15-11-7-13-5-6-14-11/h5-10,12H,3-4H2,1-2H3. The second kappa shape index (κ2) is 4.94. The van der Waals surface area contributed by atoms with Crippen molar-refractivity contribution in [3.8, 4) is 0 Å². The molecule has 1 aliphatic carbocycles. The molecule has 0 aromatic carbocycles. The van der Waals surface area contributed by atoms with Crippen molar-refractivity contribution in [1.82, 2.24) is 15.3 Å². The maximum absolute atomic E-state index is 4.31. The van der Waals surface area contributed by atoms with Gasteiger partial charge in [0.25, 0.3) is 0 Å². The van der Waals surface area contributed by atoms with Gasteiger partial charge in [0.1, 0.15) is 5.03 Å². The summed E-state index contributed by atoms with van der Waals surface area (Å²) in [5, 5.41) is 5.11. The molecule has 0 spiro atoms. The fraction of sp³-hybridized carbons (Fsp3) is 0.636. The first-order chi connectivity index (χ1) is 7.31. The van der Waals surface area contributed by atoms with E-state index in [4.69, 9.17) is 0 Å². The van der Waals surface area contributed by atoms with Crippen LogP contribution in [0, 0.1) is 5.92 Å². The van der Waals surface area contributed by atoms with Crippen molar-refractivity contribution in [2.45, 2.75) is 36.1 Å². The summed E-state index contributed by atoms with van der Waals surface area (Å²) in [6.45, 7) is 2.32. The Labute approximate surface area is 95.1 Å². The topological polar surface area (TPSA) is 37.8 Å². The van der Waals surface area contributed by atoms with Gasteiger partial charge in [0.05, 0.1) is 6.20 Å². The number of nitrogens with one attached hydrogen (secondary N) is 1. The molecule has 1 aromatic rings. The molecule has 82 valence electrons. The lowest BCUT2D eigenvalue weighted by Crippen LogP contribution is -2.30. The van der Waals surface area contributed by atoms with E-state index in [9.17, 15) is 0 Å². The quantitative estimate of drug-likeness (QED) is 0.850. The summed E-state index contributed by atoms with van der Waals surface area (Å²) < 4.78 is 0. The lowest BCUT2D eigenvalue weighted by Gasteiger charge is -2.19. The lowest BCUT2D eigenvalue weighted by molar-refractivity contribution is 0.464. The number of thioether (sulfide) groups is 1. The highest BCUT2D eigenvalue weighted by Crippen LogP contribution is 2.37. The Bertz CT molecular complexity index is 304. The van der Waals surface area contributed by atoms with Crippen LogP contribution in [0.3, 0.4) is 0 Å². The van der Waals surface area contributed by atoms with Crippen molar-refractivity contribution >= 4 is 11.8 Å². The fourth-order valence-electron chi connectivity index (χ4n) is 2.20. The fourth-order valence-corrected chi connectivity index (χ4v) is 3.42. The maximum Gasteiger partial charge on any atom is 0.115 e.